The van der Waals surface area contributed by atoms with Crippen LogP contribution < -0.4 is 10.1 Å². The van der Waals surface area contributed by atoms with E-state index in [2.05, 4.69) is 10.4 Å². The number of aromatic nitrogens is 2. The van der Waals surface area contributed by atoms with Gasteiger partial charge in [0.05, 0.1) is 11.5 Å². The van der Waals surface area contributed by atoms with Crippen LogP contribution in [0.3, 0.4) is 0 Å². The molecule has 0 atom stereocenters. The number of hydrogen-bond donors (Lipinski definition) is 1. The molecule has 0 aliphatic carbocycles. The summed E-state index contributed by atoms with van der Waals surface area (Å²) in [5, 5.41) is 19.1. The van der Waals surface area contributed by atoms with Crippen molar-refractivity contribution in [1.82, 2.24) is 9.78 Å². The van der Waals surface area contributed by atoms with E-state index in [1.807, 2.05) is 13.0 Å². The molecule has 0 aliphatic heterocycles. The zero-order valence-corrected chi connectivity index (χ0v) is 20.1. The van der Waals surface area contributed by atoms with Crippen molar-refractivity contribution in [1.29, 1.82) is 0 Å². The molecule has 4 aromatic rings. The fraction of sp³-hybridized carbons (Fsp3) is 0.120. The van der Waals surface area contributed by atoms with Gasteiger partial charge in [0.25, 0.3) is 11.6 Å². The molecular weight excluding hydrogens is 491 g/mol. The first kappa shape index (κ1) is 24.3. The zero-order valence-electron chi connectivity index (χ0n) is 18.6. The fourth-order valence-electron chi connectivity index (χ4n) is 3.39. The second-order valence-electron chi connectivity index (χ2n) is 7.72. The van der Waals surface area contributed by atoms with Crippen molar-refractivity contribution in [2.45, 2.75) is 20.1 Å². The maximum atomic E-state index is 12.8. The Morgan fingerprint density at radius 3 is 2.43 bits per heavy atom. The van der Waals surface area contributed by atoms with E-state index in [0.29, 0.717) is 33.7 Å². The van der Waals surface area contributed by atoms with E-state index < -0.39 is 4.92 Å². The van der Waals surface area contributed by atoms with Crippen LogP contribution in [0.2, 0.25) is 10.0 Å². The van der Waals surface area contributed by atoms with Crippen LogP contribution in [0.15, 0.2) is 72.8 Å². The number of rotatable bonds is 8. The van der Waals surface area contributed by atoms with Crippen molar-refractivity contribution in [2.24, 2.45) is 0 Å². The summed E-state index contributed by atoms with van der Waals surface area (Å²) in [6.07, 6.45) is 0. The number of hydrogen-bond acceptors (Lipinski definition) is 5. The number of nitro groups is 1. The van der Waals surface area contributed by atoms with Crippen LogP contribution in [-0.2, 0) is 13.2 Å². The topological polar surface area (TPSA) is 99.3 Å². The summed E-state index contributed by atoms with van der Waals surface area (Å²) < 4.78 is 7.40. The number of ether oxygens (including phenoxy) is 1. The molecule has 0 saturated heterocycles. The summed E-state index contributed by atoms with van der Waals surface area (Å²) in [6.45, 7) is 2.45. The van der Waals surface area contributed by atoms with Gasteiger partial charge in [0.15, 0.2) is 5.82 Å². The number of anilines is 1. The number of nitrogens with one attached hydrogen (secondary N) is 1. The number of amides is 1. The minimum absolute atomic E-state index is 0.0105. The highest BCUT2D eigenvalue weighted by Crippen LogP contribution is 2.26. The van der Waals surface area contributed by atoms with E-state index in [4.69, 9.17) is 27.9 Å². The maximum absolute atomic E-state index is 12.8. The SMILES string of the molecule is Cc1cc(NC(=O)c2cccc(COc3ccc([N+](=O)[O-])cc3)c2)nn1Cc1c(Cl)cccc1Cl. The van der Waals surface area contributed by atoms with Gasteiger partial charge in [0.2, 0.25) is 0 Å². The molecule has 1 N–H and O–H groups in total. The monoisotopic (exact) mass is 510 g/mol. The minimum Gasteiger partial charge on any atom is -0.489 e. The number of carbonyl (C=O) groups is 1. The Kier molecular flexibility index (Phi) is 7.33. The standard InChI is InChI=1S/C25H20Cl2N4O4/c1-16-12-24(29-30(16)14-21-22(26)6-3-7-23(21)27)28-25(32)18-5-2-4-17(13-18)15-35-20-10-8-19(9-11-20)31(33)34/h2-13H,14-15H2,1H3,(H,28,29,32). The van der Waals surface area contributed by atoms with Gasteiger partial charge in [-0.3, -0.25) is 19.6 Å². The molecule has 0 radical (unpaired) electrons. The molecule has 3 aromatic carbocycles. The number of non-ortho nitro benzene ring substituents is 1. The molecule has 10 heteroatoms. The van der Waals surface area contributed by atoms with Gasteiger partial charge in [0, 0.05) is 45.1 Å². The summed E-state index contributed by atoms with van der Waals surface area (Å²) >= 11 is 12.5. The van der Waals surface area contributed by atoms with Crippen molar-refractivity contribution < 1.29 is 14.5 Å². The van der Waals surface area contributed by atoms with Crippen LogP contribution in [0.25, 0.3) is 0 Å². The molecule has 4 rings (SSSR count). The second kappa shape index (κ2) is 10.6. The van der Waals surface area contributed by atoms with Gasteiger partial charge in [-0.25, -0.2) is 0 Å². The molecule has 1 heterocycles. The lowest BCUT2D eigenvalue weighted by molar-refractivity contribution is -0.384. The highest BCUT2D eigenvalue weighted by atomic mass is 35.5. The van der Waals surface area contributed by atoms with Gasteiger partial charge < -0.3 is 10.1 Å². The van der Waals surface area contributed by atoms with E-state index >= 15 is 0 Å². The third kappa shape index (κ3) is 5.98. The normalized spacial score (nSPS) is 10.7. The Morgan fingerprint density at radius 2 is 1.74 bits per heavy atom. The average molecular weight is 511 g/mol. The quantitative estimate of drug-likeness (QED) is 0.222. The van der Waals surface area contributed by atoms with Crippen LogP contribution in [0.4, 0.5) is 11.5 Å². The van der Waals surface area contributed by atoms with Crippen LogP contribution in [0.5, 0.6) is 5.75 Å². The summed E-state index contributed by atoms with van der Waals surface area (Å²) in [7, 11) is 0. The van der Waals surface area contributed by atoms with Crippen molar-refractivity contribution >= 4 is 40.6 Å². The van der Waals surface area contributed by atoms with Crippen LogP contribution in [0.1, 0.15) is 27.2 Å². The van der Waals surface area contributed by atoms with Crippen molar-refractivity contribution in [3.8, 4) is 5.75 Å². The van der Waals surface area contributed by atoms with Crippen LogP contribution in [0, 0.1) is 17.0 Å². The van der Waals surface area contributed by atoms with Gasteiger partial charge >= 0.3 is 0 Å². The van der Waals surface area contributed by atoms with Crippen LogP contribution >= 0.6 is 23.2 Å². The fourth-order valence-corrected chi connectivity index (χ4v) is 3.90. The van der Waals surface area contributed by atoms with Crippen molar-refractivity contribution in [3.05, 3.63) is 115 Å². The second-order valence-corrected chi connectivity index (χ2v) is 8.54. The first-order valence-corrected chi connectivity index (χ1v) is 11.3. The van der Waals surface area contributed by atoms with Crippen molar-refractivity contribution in [2.75, 3.05) is 5.32 Å². The molecule has 8 nitrogen and oxygen atoms in total. The highest BCUT2D eigenvalue weighted by molar-refractivity contribution is 6.36. The molecular formula is C25H20Cl2N4O4. The highest BCUT2D eigenvalue weighted by Gasteiger charge is 2.13. The molecule has 0 saturated carbocycles. The van der Waals surface area contributed by atoms with Gasteiger partial charge in [-0.2, -0.15) is 5.10 Å². The minimum atomic E-state index is -0.470. The molecule has 178 valence electrons. The van der Waals surface area contributed by atoms with Crippen LogP contribution in [-0.4, -0.2) is 20.6 Å². The Morgan fingerprint density at radius 1 is 1.06 bits per heavy atom. The number of aryl methyl sites for hydroxylation is 1. The van der Waals surface area contributed by atoms with Crippen molar-refractivity contribution in [3.63, 3.8) is 0 Å². The first-order chi connectivity index (χ1) is 16.8. The van der Waals surface area contributed by atoms with E-state index in [-0.39, 0.29) is 18.2 Å². The Bertz CT molecular complexity index is 1370. The average Bonchev–Trinajstić information content (AvgIpc) is 3.19. The third-order valence-corrected chi connectivity index (χ3v) is 5.94. The first-order valence-electron chi connectivity index (χ1n) is 10.5. The number of nitro benzene ring substituents is 1. The number of carbonyl (C=O) groups excluding carboxylic acids is 1. The van der Waals surface area contributed by atoms with Gasteiger partial charge in [-0.05, 0) is 48.9 Å². The molecule has 0 unspecified atom stereocenters. The molecule has 0 aliphatic rings. The molecule has 0 fully saturated rings. The summed E-state index contributed by atoms with van der Waals surface area (Å²) in [5.74, 6) is 0.580. The van der Waals surface area contributed by atoms with Gasteiger partial charge in [0.1, 0.15) is 12.4 Å². The largest absolute Gasteiger partial charge is 0.489 e. The number of benzene rings is 3. The zero-order chi connectivity index (χ0) is 24.9. The summed E-state index contributed by atoms with van der Waals surface area (Å²) in [5.41, 5.74) is 2.79. The number of nitrogens with zero attached hydrogens (tertiary/aromatic N) is 3. The molecule has 1 amide bonds. The Labute approximate surface area is 211 Å². The molecule has 0 spiro atoms. The molecule has 0 bridgehead atoms. The Balaban J connectivity index is 1.41. The molecule has 35 heavy (non-hydrogen) atoms. The predicted molar refractivity (Wildman–Crippen MR) is 134 cm³/mol. The molecule has 1 aromatic heterocycles. The lowest BCUT2D eigenvalue weighted by Gasteiger charge is -2.09. The lowest BCUT2D eigenvalue weighted by Crippen LogP contribution is -2.13. The smallest absolute Gasteiger partial charge is 0.269 e. The van der Waals surface area contributed by atoms with Gasteiger partial charge in [-0.1, -0.05) is 41.4 Å². The summed E-state index contributed by atoms with van der Waals surface area (Å²) in [4.78, 5) is 23.1. The number of halogens is 2. The summed E-state index contributed by atoms with van der Waals surface area (Å²) in [6, 6.07) is 19.9. The van der Waals surface area contributed by atoms with E-state index in [1.54, 1.807) is 47.1 Å². The lowest BCUT2D eigenvalue weighted by atomic mass is 10.1. The Hall–Kier alpha value is -3.88. The van der Waals surface area contributed by atoms with Gasteiger partial charge in [-0.15, -0.1) is 0 Å². The van der Waals surface area contributed by atoms with E-state index in [1.165, 1.54) is 24.3 Å². The maximum Gasteiger partial charge on any atom is 0.269 e. The predicted octanol–water partition coefficient (Wildman–Crippen LogP) is 6.29. The third-order valence-electron chi connectivity index (χ3n) is 5.23. The van der Waals surface area contributed by atoms with E-state index in [9.17, 15) is 14.9 Å². The van der Waals surface area contributed by atoms with E-state index in [0.717, 1.165) is 16.8 Å².